The normalized spacial score (nSPS) is 9.88. The van der Waals surface area contributed by atoms with Crippen molar-refractivity contribution in [3.8, 4) is 0 Å². The second-order valence-corrected chi connectivity index (χ2v) is 14.0. The van der Waals surface area contributed by atoms with Crippen molar-refractivity contribution in [3.05, 3.63) is 0 Å². The van der Waals surface area contributed by atoms with Crippen LogP contribution in [-0.2, 0) is 76.3 Å². The fourth-order valence-corrected chi connectivity index (χ4v) is 1.90. The first kappa shape index (κ1) is 76.7. The lowest BCUT2D eigenvalue weighted by molar-refractivity contribution is -0.144. The van der Waals surface area contributed by atoms with Gasteiger partial charge in [0.15, 0.2) is 0 Å². The fourth-order valence-electron chi connectivity index (χ4n) is 1.90. The lowest BCUT2D eigenvalue weighted by atomic mass is 10.5. The lowest BCUT2D eigenvalue weighted by Crippen LogP contribution is -2.11. The lowest BCUT2D eigenvalue weighted by Gasteiger charge is -2.01. The summed E-state index contributed by atoms with van der Waals surface area (Å²) in [6, 6.07) is 0. The molecule has 0 atom stereocenters. The number of hydrogen-bond donors (Lipinski definition) is 8. The van der Waals surface area contributed by atoms with E-state index in [9.17, 15) is 38.4 Å². The second kappa shape index (κ2) is 54.6. The van der Waals surface area contributed by atoms with Crippen LogP contribution in [0.25, 0.3) is 0 Å². The molecule has 0 amide bonds. The van der Waals surface area contributed by atoms with Crippen LogP contribution in [0.5, 0.6) is 0 Å². The number of hydrogen-bond acceptors (Lipinski definition) is 16. The second-order valence-electron chi connectivity index (χ2n) is 14.0. The third kappa shape index (κ3) is 146. The van der Waals surface area contributed by atoms with Gasteiger partial charge in [-0.1, -0.05) is 0 Å². The molecular formula is C40H80O24. The Morgan fingerprint density at radius 1 is 0.219 bits per heavy atom. The van der Waals surface area contributed by atoms with E-state index in [-0.39, 0.29) is 102 Å². The number of carbonyl (C=O) groups is 8. The molecule has 24 heteroatoms. The largest absolute Gasteiger partial charge is 0.480 e. The number of ether oxygens (including phenoxy) is 8. The van der Waals surface area contributed by atoms with Crippen LogP contribution in [0.3, 0.4) is 0 Å². The summed E-state index contributed by atoms with van der Waals surface area (Å²) in [5.41, 5.74) is 0. The predicted molar refractivity (Wildman–Crippen MR) is 230 cm³/mol. The van der Waals surface area contributed by atoms with E-state index in [0.717, 1.165) is 0 Å². The van der Waals surface area contributed by atoms with Gasteiger partial charge in [0.2, 0.25) is 0 Å². The number of rotatable bonds is 24. The predicted octanol–water partition coefficient (Wildman–Crippen LogP) is 3.97. The van der Waals surface area contributed by atoms with Gasteiger partial charge >= 0.3 is 47.8 Å². The maximum absolute atomic E-state index is 9.78. The van der Waals surface area contributed by atoms with Gasteiger partial charge in [-0.05, 0) is 111 Å². The van der Waals surface area contributed by atoms with Gasteiger partial charge in [0.25, 0.3) is 0 Å². The first-order valence-electron chi connectivity index (χ1n) is 19.7. The number of carboxylic acids is 8. The van der Waals surface area contributed by atoms with E-state index in [0.29, 0.717) is 0 Å². The Labute approximate surface area is 377 Å². The smallest absolute Gasteiger partial charge is 0.329 e. The molecule has 0 rings (SSSR count). The van der Waals surface area contributed by atoms with Gasteiger partial charge in [0.1, 0.15) is 52.9 Å². The molecule has 8 N–H and O–H groups in total. The first-order chi connectivity index (χ1) is 29.0. The summed E-state index contributed by atoms with van der Waals surface area (Å²) in [6.45, 7) is 27.1. The van der Waals surface area contributed by atoms with E-state index in [1.54, 1.807) is 111 Å². The van der Waals surface area contributed by atoms with Crippen LogP contribution in [0.1, 0.15) is 111 Å². The molecule has 0 heterocycles. The van der Waals surface area contributed by atoms with E-state index in [1.165, 1.54) is 0 Å². The van der Waals surface area contributed by atoms with Crippen molar-refractivity contribution < 1.29 is 117 Å². The monoisotopic (exact) mass is 945 g/mol. The average Bonchev–Trinajstić information content (AvgIpc) is 3.13. The Kier molecular flexibility index (Phi) is 65.4. The van der Waals surface area contributed by atoms with Crippen molar-refractivity contribution in [2.24, 2.45) is 0 Å². The SMILES string of the molecule is CC(C)OCC(=O)O.CC(C)OCC(=O)O.CC(C)OCC(=O)O.CC(C)OCC(=O)O.CC(C)OCC(=O)O.CC(C)OCC(=O)O.CC(C)OCC(=O)O.CC(C)OCC(=O)O. The molecule has 0 aromatic carbocycles. The van der Waals surface area contributed by atoms with Gasteiger partial charge in [0, 0.05) is 0 Å². The highest BCUT2D eigenvalue weighted by molar-refractivity contribution is 5.70. The maximum Gasteiger partial charge on any atom is 0.329 e. The van der Waals surface area contributed by atoms with E-state index in [2.05, 4.69) is 0 Å². The molecular weight excluding hydrogens is 864 g/mol. The summed E-state index contributed by atoms with van der Waals surface area (Å²) >= 11 is 0. The van der Waals surface area contributed by atoms with Crippen LogP contribution in [0.15, 0.2) is 0 Å². The van der Waals surface area contributed by atoms with Crippen LogP contribution in [0.2, 0.25) is 0 Å². The quantitative estimate of drug-likeness (QED) is 0.0678. The van der Waals surface area contributed by atoms with Gasteiger partial charge in [0.05, 0.1) is 48.8 Å². The molecule has 0 aliphatic heterocycles. The average molecular weight is 945 g/mol. The van der Waals surface area contributed by atoms with Crippen molar-refractivity contribution in [2.75, 3.05) is 52.9 Å². The highest BCUT2D eigenvalue weighted by Crippen LogP contribution is 1.89. The summed E-state index contributed by atoms with van der Waals surface area (Å²) in [5.74, 6) is -7.34. The molecule has 0 saturated carbocycles. The van der Waals surface area contributed by atoms with E-state index in [4.69, 9.17) is 78.7 Å². The zero-order valence-corrected chi connectivity index (χ0v) is 40.4. The van der Waals surface area contributed by atoms with Crippen LogP contribution < -0.4 is 0 Å². The molecule has 0 radical (unpaired) electrons. The van der Waals surface area contributed by atoms with Crippen molar-refractivity contribution in [2.45, 2.75) is 160 Å². The van der Waals surface area contributed by atoms with Crippen LogP contribution in [0.4, 0.5) is 0 Å². The Balaban J connectivity index is -0.0000000933. The van der Waals surface area contributed by atoms with Crippen LogP contribution >= 0.6 is 0 Å². The number of carboxylic acid groups (broad SMARTS) is 8. The summed E-state index contributed by atoms with van der Waals surface area (Å²) in [6.07, 6.45) is 0.0452. The van der Waals surface area contributed by atoms with Gasteiger partial charge in [-0.2, -0.15) is 0 Å². The summed E-state index contributed by atoms with van der Waals surface area (Å²) in [4.78, 5) is 78.2. The van der Waals surface area contributed by atoms with Gasteiger partial charge < -0.3 is 78.7 Å². The zero-order chi connectivity index (χ0) is 52.6. The fraction of sp³-hybridized carbons (Fsp3) is 0.800. The molecule has 24 nitrogen and oxygen atoms in total. The molecule has 0 aliphatic rings. The molecule has 0 saturated heterocycles. The molecule has 0 aromatic rings. The highest BCUT2D eigenvalue weighted by atomic mass is 16.5. The van der Waals surface area contributed by atoms with Crippen LogP contribution in [0, 0.1) is 0 Å². The van der Waals surface area contributed by atoms with Crippen molar-refractivity contribution in [1.82, 2.24) is 0 Å². The standard InChI is InChI=1S/8C5H10O3/c8*1-4(2)8-3-5(6)7/h8*4H,3H2,1-2H3,(H,6,7). The minimum Gasteiger partial charge on any atom is -0.480 e. The summed E-state index contributed by atoms with van der Waals surface area (Å²) in [7, 11) is 0. The first-order valence-corrected chi connectivity index (χ1v) is 19.7. The van der Waals surface area contributed by atoms with Gasteiger partial charge in [-0.15, -0.1) is 0 Å². The zero-order valence-electron chi connectivity index (χ0n) is 40.4. The third-order valence-electron chi connectivity index (χ3n) is 4.32. The van der Waals surface area contributed by atoms with Gasteiger partial charge in [-0.25, -0.2) is 38.4 Å². The van der Waals surface area contributed by atoms with Gasteiger partial charge in [-0.3, -0.25) is 0 Å². The molecule has 0 bridgehead atoms. The molecule has 0 fully saturated rings. The van der Waals surface area contributed by atoms with E-state index >= 15 is 0 Å². The Hall–Kier alpha value is -4.56. The highest BCUT2D eigenvalue weighted by Gasteiger charge is 2.01. The molecule has 0 aromatic heterocycles. The van der Waals surface area contributed by atoms with Crippen LogP contribution in [-0.4, -0.2) is 190 Å². The Morgan fingerprint density at radius 2 is 0.281 bits per heavy atom. The minimum atomic E-state index is -0.918. The molecule has 64 heavy (non-hydrogen) atoms. The molecule has 0 spiro atoms. The number of aliphatic carboxylic acids is 8. The van der Waals surface area contributed by atoms with Crippen molar-refractivity contribution >= 4 is 47.8 Å². The van der Waals surface area contributed by atoms with E-state index in [1.807, 2.05) is 0 Å². The van der Waals surface area contributed by atoms with Crippen molar-refractivity contribution in [3.63, 3.8) is 0 Å². The Morgan fingerprint density at radius 3 is 0.297 bits per heavy atom. The molecule has 384 valence electrons. The summed E-state index contributed by atoms with van der Waals surface area (Å²) < 4.78 is 37.6. The third-order valence-corrected chi connectivity index (χ3v) is 4.32. The topological polar surface area (TPSA) is 372 Å². The Bertz CT molecular complexity index is 886. The molecule has 0 unspecified atom stereocenters. The van der Waals surface area contributed by atoms with Crippen molar-refractivity contribution in [1.29, 1.82) is 0 Å². The maximum atomic E-state index is 9.78. The minimum absolute atomic E-state index is 0.00565. The molecule has 0 aliphatic carbocycles. The summed E-state index contributed by atoms with van der Waals surface area (Å²) in [5, 5.41) is 64.3. The van der Waals surface area contributed by atoms with E-state index < -0.39 is 47.8 Å².